The number of hydrogen-bond donors (Lipinski definition) is 2. The highest BCUT2D eigenvalue weighted by molar-refractivity contribution is 9.10. The molecule has 2 aromatic carbocycles. The van der Waals surface area contributed by atoms with Gasteiger partial charge >= 0.3 is 0 Å². The zero-order valence-corrected chi connectivity index (χ0v) is 13.5. The summed E-state index contributed by atoms with van der Waals surface area (Å²) < 4.78 is 0.240. The number of nitrogens with one attached hydrogen (secondary N) is 2. The zero-order chi connectivity index (χ0) is 17.0. The van der Waals surface area contributed by atoms with Crippen molar-refractivity contribution in [2.75, 3.05) is 10.6 Å². The van der Waals surface area contributed by atoms with Crippen LogP contribution in [-0.2, 0) is 4.79 Å². The molecule has 2 N–H and O–H groups in total. The number of para-hydroxylation sites is 1. The van der Waals surface area contributed by atoms with E-state index in [2.05, 4.69) is 26.6 Å². The Hall–Kier alpha value is -3.00. The number of hydrogen-bond acceptors (Lipinski definition) is 5. The summed E-state index contributed by atoms with van der Waals surface area (Å²) in [6.07, 6.45) is 0. The lowest BCUT2D eigenvalue weighted by Crippen LogP contribution is -2.11. The minimum absolute atomic E-state index is 0.158. The predicted molar refractivity (Wildman–Crippen MR) is 90.7 cm³/mol. The van der Waals surface area contributed by atoms with Gasteiger partial charge in [0.15, 0.2) is 0 Å². The van der Waals surface area contributed by atoms with Crippen molar-refractivity contribution >= 4 is 50.3 Å². The summed E-state index contributed by atoms with van der Waals surface area (Å²) in [7, 11) is 0. The summed E-state index contributed by atoms with van der Waals surface area (Å²) in [5.74, 6) is -0.751. The average Bonchev–Trinajstić information content (AvgIpc) is 3.03. The molecular formula is C16H8BrN3O4. The van der Waals surface area contributed by atoms with E-state index >= 15 is 0 Å². The molecule has 0 unspecified atom stereocenters. The summed E-state index contributed by atoms with van der Waals surface area (Å²) in [5, 5.41) is 16.6. The first-order valence-corrected chi connectivity index (χ1v) is 7.71. The lowest BCUT2D eigenvalue weighted by molar-refractivity contribution is -0.385. The monoisotopic (exact) mass is 385 g/mol. The molecule has 2 aliphatic heterocycles. The molecule has 2 aliphatic rings. The molecular weight excluding hydrogens is 378 g/mol. The number of Topliss-reactive ketones (excluding diaryl/α,β-unsaturated/α-hetero) is 1. The van der Waals surface area contributed by atoms with Gasteiger partial charge in [0, 0.05) is 22.9 Å². The molecule has 0 bridgehead atoms. The molecule has 0 aliphatic carbocycles. The van der Waals surface area contributed by atoms with Crippen LogP contribution in [0.4, 0.5) is 17.1 Å². The van der Waals surface area contributed by atoms with Crippen LogP contribution in [0.2, 0.25) is 0 Å². The molecule has 4 rings (SSSR count). The standard InChI is InChI=1S/C16H8BrN3O4/c17-9-5-8-11(6-12(9)20(23)24)19-16(22)13(8)14-15(21)7-3-1-2-4-10(7)18-14/h1-6,18H,(H,19,22)/b14-13-. The molecule has 0 atom stereocenters. The largest absolute Gasteiger partial charge is 0.351 e. The number of rotatable bonds is 1. The van der Waals surface area contributed by atoms with Gasteiger partial charge in [0.25, 0.3) is 11.6 Å². The number of carbonyl (C=O) groups excluding carboxylic acids is 2. The second kappa shape index (κ2) is 5.00. The van der Waals surface area contributed by atoms with Crippen LogP contribution in [0.5, 0.6) is 0 Å². The topological polar surface area (TPSA) is 101 Å². The lowest BCUT2D eigenvalue weighted by atomic mass is 10.0. The van der Waals surface area contributed by atoms with Gasteiger partial charge in [-0.3, -0.25) is 19.7 Å². The van der Waals surface area contributed by atoms with Crippen LogP contribution in [-0.4, -0.2) is 16.6 Å². The summed E-state index contributed by atoms with van der Waals surface area (Å²) in [5.41, 5.74) is 2.07. The average molecular weight is 386 g/mol. The van der Waals surface area contributed by atoms with Crippen LogP contribution < -0.4 is 10.6 Å². The SMILES string of the molecule is O=C1Nc2cc([N+](=O)[O-])c(Br)cc2/C1=C1/Nc2ccccc2C1=O. The van der Waals surface area contributed by atoms with Crippen molar-refractivity contribution in [1.82, 2.24) is 0 Å². The Kier molecular flexibility index (Phi) is 3.04. The Morgan fingerprint density at radius 1 is 1.00 bits per heavy atom. The number of nitro benzene ring substituents is 1. The van der Waals surface area contributed by atoms with Crippen molar-refractivity contribution in [3.05, 3.63) is 67.8 Å². The number of halogens is 1. The molecule has 0 saturated carbocycles. The number of nitro groups is 1. The maximum absolute atomic E-state index is 12.6. The van der Waals surface area contributed by atoms with Crippen LogP contribution >= 0.6 is 15.9 Å². The van der Waals surface area contributed by atoms with Crippen LogP contribution in [0.3, 0.4) is 0 Å². The first-order chi connectivity index (χ1) is 11.5. The number of anilines is 2. The molecule has 24 heavy (non-hydrogen) atoms. The molecule has 2 heterocycles. The molecule has 2 aromatic rings. The number of benzene rings is 2. The van der Waals surface area contributed by atoms with E-state index in [1.54, 1.807) is 24.3 Å². The van der Waals surface area contributed by atoms with Crippen molar-refractivity contribution in [2.24, 2.45) is 0 Å². The van der Waals surface area contributed by atoms with E-state index < -0.39 is 10.8 Å². The van der Waals surface area contributed by atoms with Gasteiger partial charge in [-0.2, -0.15) is 0 Å². The predicted octanol–water partition coefficient (Wildman–Crippen LogP) is 3.33. The summed E-state index contributed by atoms with van der Waals surface area (Å²) >= 11 is 3.14. The molecule has 0 fully saturated rings. The number of nitrogens with zero attached hydrogens (tertiary/aromatic N) is 1. The summed E-state index contributed by atoms with van der Waals surface area (Å²) in [4.78, 5) is 35.4. The molecule has 0 saturated heterocycles. The maximum atomic E-state index is 12.6. The van der Waals surface area contributed by atoms with Gasteiger partial charge in [-0.25, -0.2) is 0 Å². The Balaban J connectivity index is 1.91. The van der Waals surface area contributed by atoms with E-state index in [-0.39, 0.29) is 27.2 Å². The van der Waals surface area contributed by atoms with Crippen molar-refractivity contribution < 1.29 is 14.5 Å². The highest BCUT2D eigenvalue weighted by Crippen LogP contribution is 2.42. The molecule has 0 spiro atoms. The van der Waals surface area contributed by atoms with Gasteiger partial charge in [-0.05, 0) is 34.1 Å². The highest BCUT2D eigenvalue weighted by atomic mass is 79.9. The summed E-state index contributed by atoms with van der Waals surface area (Å²) in [6.45, 7) is 0. The number of ketones is 1. The van der Waals surface area contributed by atoms with E-state index in [4.69, 9.17) is 0 Å². The van der Waals surface area contributed by atoms with Gasteiger partial charge in [-0.1, -0.05) is 12.1 Å². The Morgan fingerprint density at radius 2 is 1.75 bits per heavy atom. The van der Waals surface area contributed by atoms with E-state index in [1.165, 1.54) is 12.1 Å². The van der Waals surface area contributed by atoms with Gasteiger partial charge in [-0.15, -0.1) is 0 Å². The number of carbonyl (C=O) groups is 2. The first kappa shape index (κ1) is 14.6. The van der Waals surface area contributed by atoms with Gasteiger partial charge in [0.05, 0.1) is 20.7 Å². The van der Waals surface area contributed by atoms with Crippen LogP contribution in [0.25, 0.3) is 5.57 Å². The molecule has 0 aromatic heterocycles. The number of fused-ring (bicyclic) bond motifs is 2. The van der Waals surface area contributed by atoms with E-state index in [0.717, 1.165) is 0 Å². The summed E-state index contributed by atoms with van der Waals surface area (Å²) in [6, 6.07) is 9.71. The fourth-order valence-corrected chi connectivity index (χ4v) is 3.35. The quantitative estimate of drug-likeness (QED) is 0.445. The third-order valence-electron chi connectivity index (χ3n) is 3.94. The second-order valence-corrected chi connectivity index (χ2v) is 6.16. The maximum Gasteiger partial charge on any atom is 0.285 e. The minimum atomic E-state index is -0.545. The van der Waals surface area contributed by atoms with E-state index in [9.17, 15) is 19.7 Å². The third kappa shape index (κ3) is 1.96. The molecule has 118 valence electrons. The Labute approximate surface area is 143 Å². The fourth-order valence-electron chi connectivity index (χ4n) is 2.86. The van der Waals surface area contributed by atoms with Crippen LogP contribution in [0.15, 0.2) is 46.6 Å². The fraction of sp³-hybridized carbons (Fsp3) is 0. The second-order valence-electron chi connectivity index (χ2n) is 5.31. The van der Waals surface area contributed by atoms with Crippen molar-refractivity contribution in [2.45, 2.75) is 0 Å². The van der Waals surface area contributed by atoms with Crippen LogP contribution in [0.1, 0.15) is 15.9 Å². The van der Waals surface area contributed by atoms with E-state index in [0.29, 0.717) is 22.5 Å². The normalized spacial score (nSPS) is 18.0. The Bertz CT molecular complexity index is 997. The first-order valence-electron chi connectivity index (χ1n) is 6.92. The number of allylic oxidation sites excluding steroid dienone is 1. The molecule has 7 nitrogen and oxygen atoms in total. The highest BCUT2D eigenvalue weighted by Gasteiger charge is 2.36. The van der Waals surface area contributed by atoms with Crippen LogP contribution in [0, 0.1) is 10.1 Å². The minimum Gasteiger partial charge on any atom is -0.351 e. The zero-order valence-electron chi connectivity index (χ0n) is 11.9. The van der Waals surface area contributed by atoms with Crippen molar-refractivity contribution in [1.29, 1.82) is 0 Å². The molecule has 1 amide bonds. The van der Waals surface area contributed by atoms with Gasteiger partial charge < -0.3 is 10.6 Å². The number of amides is 1. The third-order valence-corrected chi connectivity index (χ3v) is 4.57. The Morgan fingerprint density at radius 3 is 2.46 bits per heavy atom. The molecule has 8 heteroatoms. The van der Waals surface area contributed by atoms with Gasteiger partial charge in [0.1, 0.15) is 5.70 Å². The van der Waals surface area contributed by atoms with E-state index in [1.807, 2.05) is 0 Å². The smallest absolute Gasteiger partial charge is 0.285 e. The molecule has 0 radical (unpaired) electrons. The van der Waals surface area contributed by atoms with Crippen molar-refractivity contribution in [3.63, 3.8) is 0 Å². The van der Waals surface area contributed by atoms with Gasteiger partial charge in [0.2, 0.25) is 5.78 Å². The van der Waals surface area contributed by atoms with Crippen molar-refractivity contribution in [3.8, 4) is 0 Å². The lowest BCUT2D eigenvalue weighted by Gasteiger charge is -2.04.